The third kappa shape index (κ3) is 5.28. The Bertz CT molecular complexity index is 676. The number of rotatable bonds is 8. The van der Waals surface area contributed by atoms with Gasteiger partial charge in [-0.1, -0.05) is 25.2 Å². The Kier molecular flexibility index (Phi) is 7.36. The van der Waals surface area contributed by atoms with Crippen molar-refractivity contribution in [3.05, 3.63) is 30.6 Å². The van der Waals surface area contributed by atoms with Crippen LogP contribution in [0.1, 0.15) is 58.2 Å². The second kappa shape index (κ2) is 9.96. The Morgan fingerprint density at radius 2 is 2.11 bits per heavy atom. The molecule has 2 aliphatic rings. The minimum atomic E-state index is 0.149. The van der Waals surface area contributed by atoms with Crippen LogP contribution in [0.5, 0.6) is 0 Å². The largest absolute Gasteiger partial charge is 0.333 e. The molecule has 3 rings (SSSR count). The number of piperidine rings is 1. The normalized spacial score (nSPS) is 23.9. The van der Waals surface area contributed by atoms with Gasteiger partial charge in [0.05, 0.1) is 6.54 Å². The zero-order valence-corrected chi connectivity index (χ0v) is 17.3. The van der Waals surface area contributed by atoms with Gasteiger partial charge in [0.15, 0.2) is 5.82 Å². The predicted molar refractivity (Wildman–Crippen MR) is 109 cm³/mol. The molecule has 1 fully saturated rings. The van der Waals surface area contributed by atoms with Crippen molar-refractivity contribution in [2.75, 3.05) is 13.1 Å². The van der Waals surface area contributed by atoms with Gasteiger partial charge in [-0.2, -0.15) is 0 Å². The highest BCUT2D eigenvalue weighted by Gasteiger charge is 2.28. The van der Waals surface area contributed by atoms with Gasteiger partial charge in [0.2, 0.25) is 5.91 Å². The second-order valence-electron chi connectivity index (χ2n) is 8.26. The molecule has 0 N–H and O–H groups in total. The Hall–Kier alpha value is -2.02. The van der Waals surface area contributed by atoms with Crippen molar-refractivity contribution in [2.24, 2.45) is 5.92 Å². The second-order valence-corrected chi connectivity index (χ2v) is 8.26. The van der Waals surface area contributed by atoms with E-state index in [1.807, 2.05) is 15.7 Å². The lowest BCUT2D eigenvalue weighted by Crippen LogP contribution is -2.46. The van der Waals surface area contributed by atoms with Crippen LogP contribution in [-0.2, 0) is 17.9 Å². The summed E-state index contributed by atoms with van der Waals surface area (Å²) in [5, 5.41) is 12.2. The number of aryl methyl sites for hydroxylation is 1. The number of hydrogen-bond donors (Lipinski definition) is 0. The summed E-state index contributed by atoms with van der Waals surface area (Å²) in [6, 6.07) is 0.381. The molecule has 7 heteroatoms. The van der Waals surface area contributed by atoms with Crippen LogP contribution in [0.3, 0.4) is 0 Å². The van der Waals surface area contributed by atoms with Gasteiger partial charge < -0.3 is 4.90 Å². The first kappa shape index (κ1) is 20.7. The van der Waals surface area contributed by atoms with Gasteiger partial charge in [-0.25, -0.2) is 4.68 Å². The molecule has 3 heterocycles. The molecule has 7 nitrogen and oxygen atoms in total. The fourth-order valence-corrected chi connectivity index (χ4v) is 4.24. The molecule has 0 aromatic carbocycles. The lowest BCUT2D eigenvalue weighted by atomic mass is 9.99. The number of nitrogens with zero attached hydrogens (tertiary/aromatic N) is 6. The minimum Gasteiger partial charge on any atom is -0.333 e. The number of hydrogen-bond acceptors (Lipinski definition) is 5. The monoisotopic (exact) mass is 386 g/mol. The molecule has 1 saturated heterocycles. The number of carbonyl (C=O) groups excluding carboxylic acids is 1. The van der Waals surface area contributed by atoms with Crippen molar-refractivity contribution in [3.63, 3.8) is 0 Å². The molecule has 0 spiro atoms. The summed E-state index contributed by atoms with van der Waals surface area (Å²) < 4.78 is 1.87. The van der Waals surface area contributed by atoms with Gasteiger partial charge in [0.1, 0.15) is 0 Å². The molecule has 0 aliphatic carbocycles. The molecule has 2 aliphatic heterocycles. The summed E-state index contributed by atoms with van der Waals surface area (Å²) in [7, 11) is 0. The third-order valence-electron chi connectivity index (χ3n) is 5.99. The average molecular weight is 387 g/mol. The average Bonchev–Trinajstić information content (AvgIpc) is 3.11. The summed E-state index contributed by atoms with van der Waals surface area (Å²) in [6.07, 6.45) is 11.7. The van der Waals surface area contributed by atoms with Crippen LogP contribution in [0.25, 0.3) is 0 Å². The quantitative estimate of drug-likeness (QED) is 0.643. The molecule has 0 bridgehead atoms. The SMILES string of the molecule is C=CCC1CC=CC(C)N1C(=O)CCCn1nnnc1CN1CCC(C)CC1. The van der Waals surface area contributed by atoms with Crippen LogP contribution in [0, 0.1) is 5.92 Å². The Morgan fingerprint density at radius 1 is 1.32 bits per heavy atom. The molecule has 1 aromatic heterocycles. The molecule has 154 valence electrons. The lowest BCUT2D eigenvalue weighted by Gasteiger charge is -2.37. The van der Waals surface area contributed by atoms with Crippen LogP contribution < -0.4 is 0 Å². The summed E-state index contributed by atoms with van der Waals surface area (Å²) in [5.74, 6) is 1.93. The number of tetrazole rings is 1. The third-order valence-corrected chi connectivity index (χ3v) is 5.99. The first-order valence-electron chi connectivity index (χ1n) is 10.6. The van der Waals surface area contributed by atoms with E-state index in [0.717, 1.165) is 50.6 Å². The Labute approximate surface area is 168 Å². The molecule has 2 unspecified atom stereocenters. The van der Waals surface area contributed by atoms with E-state index in [4.69, 9.17) is 0 Å². The number of amides is 1. The highest BCUT2D eigenvalue weighted by Crippen LogP contribution is 2.22. The van der Waals surface area contributed by atoms with Gasteiger partial charge in [-0.3, -0.25) is 9.69 Å². The lowest BCUT2D eigenvalue weighted by molar-refractivity contribution is -0.135. The minimum absolute atomic E-state index is 0.149. The van der Waals surface area contributed by atoms with Crippen molar-refractivity contribution < 1.29 is 4.79 Å². The smallest absolute Gasteiger partial charge is 0.223 e. The zero-order valence-electron chi connectivity index (χ0n) is 17.3. The van der Waals surface area contributed by atoms with Crippen LogP contribution in [0.15, 0.2) is 24.8 Å². The van der Waals surface area contributed by atoms with Crippen molar-refractivity contribution in [2.45, 2.75) is 77.5 Å². The first-order chi connectivity index (χ1) is 13.6. The highest BCUT2D eigenvalue weighted by molar-refractivity contribution is 5.77. The Morgan fingerprint density at radius 3 is 2.86 bits per heavy atom. The predicted octanol–water partition coefficient (Wildman–Crippen LogP) is 2.81. The zero-order chi connectivity index (χ0) is 19.9. The fourth-order valence-electron chi connectivity index (χ4n) is 4.24. The van der Waals surface area contributed by atoms with E-state index in [2.05, 4.69) is 53.0 Å². The van der Waals surface area contributed by atoms with E-state index in [-0.39, 0.29) is 18.0 Å². The van der Waals surface area contributed by atoms with Gasteiger partial charge in [0, 0.05) is 25.0 Å². The molecule has 1 aromatic rings. The van der Waals surface area contributed by atoms with Crippen LogP contribution in [-0.4, -0.2) is 61.1 Å². The molecule has 0 saturated carbocycles. The van der Waals surface area contributed by atoms with Crippen molar-refractivity contribution in [1.29, 1.82) is 0 Å². The van der Waals surface area contributed by atoms with Crippen LogP contribution >= 0.6 is 0 Å². The molecule has 2 atom stereocenters. The first-order valence-corrected chi connectivity index (χ1v) is 10.6. The summed E-state index contributed by atoms with van der Waals surface area (Å²) in [5.41, 5.74) is 0. The van der Waals surface area contributed by atoms with Crippen molar-refractivity contribution in [1.82, 2.24) is 30.0 Å². The fraction of sp³-hybridized carbons (Fsp3) is 0.714. The molecular formula is C21H34N6O. The van der Waals surface area contributed by atoms with Gasteiger partial charge in [-0.05, 0) is 68.5 Å². The van der Waals surface area contributed by atoms with Crippen LogP contribution in [0.2, 0.25) is 0 Å². The van der Waals surface area contributed by atoms with Gasteiger partial charge in [0.25, 0.3) is 0 Å². The van der Waals surface area contributed by atoms with E-state index >= 15 is 0 Å². The maximum atomic E-state index is 12.8. The van der Waals surface area contributed by atoms with Gasteiger partial charge in [-0.15, -0.1) is 11.7 Å². The molecule has 0 radical (unpaired) electrons. The maximum Gasteiger partial charge on any atom is 0.223 e. The van der Waals surface area contributed by atoms with E-state index in [1.54, 1.807) is 0 Å². The maximum absolute atomic E-state index is 12.8. The molecular weight excluding hydrogens is 352 g/mol. The number of likely N-dealkylation sites (tertiary alicyclic amines) is 1. The van der Waals surface area contributed by atoms with Gasteiger partial charge >= 0.3 is 0 Å². The highest BCUT2D eigenvalue weighted by atomic mass is 16.2. The number of carbonyl (C=O) groups is 1. The Balaban J connectivity index is 1.49. The van der Waals surface area contributed by atoms with Crippen molar-refractivity contribution >= 4 is 5.91 Å². The summed E-state index contributed by atoms with van der Waals surface area (Å²) in [4.78, 5) is 17.3. The topological polar surface area (TPSA) is 67.2 Å². The van der Waals surface area contributed by atoms with E-state index in [9.17, 15) is 4.79 Å². The number of aromatic nitrogens is 4. The summed E-state index contributed by atoms with van der Waals surface area (Å²) >= 11 is 0. The van der Waals surface area contributed by atoms with Crippen LogP contribution in [0.4, 0.5) is 0 Å². The summed E-state index contributed by atoms with van der Waals surface area (Å²) in [6.45, 7) is 11.9. The standard InChI is InChI=1S/C21H34N6O/c1-4-7-19-9-5-8-18(3)27(19)21(28)10-6-13-26-20(22-23-24-26)16-25-14-11-17(2)12-15-25/h4-5,8,17-19H,1,6-7,9-16H2,2-3H3. The van der Waals surface area contributed by atoms with E-state index in [0.29, 0.717) is 13.0 Å². The van der Waals surface area contributed by atoms with E-state index in [1.165, 1.54) is 12.8 Å². The molecule has 28 heavy (non-hydrogen) atoms. The van der Waals surface area contributed by atoms with E-state index < -0.39 is 0 Å². The van der Waals surface area contributed by atoms with Crippen molar-refractivity contribution in [3.8, 4) is 0 Å². The molecule has 1 amide bonds.